The van der Waals surface area contributed by atoms with E-state index in [-0.39, 0.29) is 0 Å². The molecule has 3 rings (SSSR count). The summed E-state index contributed by atoms with van der Waals surface area (Å²) in [5, 5.41) is 4.67. The average molecular weight is 259 g/mol. The minimum Gasteiger partial charge on any atom is -0.493 e. The van der Waals surface area contributed by atoms with Gasteiger partial charge in [0.15, 0.2) is 11.3 Å². The fourth-order valence-electron chi connectivity index (χ4n) is 2.57. The van der Waals surface area contributed by atoms with Gasteiger partial charge in [-0.1, -0.05) is 26.0 Å². The minimum atomic E-state index is 0.460. The molecule has 2 aromatic rings. The quantitative estimate of drug-likeness (QED) is 0.886. The predicted molar refractivity (Wildman–Crippen MR) is 76.7 cm³/mol. The maximum absolute atomic E-state index is 6.09. The Bertz CT molecular complexity index is 582. The van der Waals surface area contributed by atoms with Crippen molar-refractivity contribution < 1.29 is 9.15 Å². The van der Waals surface area contributed by atoms with E-state index in [1.165, 1.54) is 23.8 Å². The van der Waals surface area contributed by atoms with Crippen molar-refractivity contribution in [2.75, 3.05) is 7.11 Å². The maximum Gasteiger partial charge on any atom is 0.176 e. The van der Waals surface area contributed by atoms with Crippen LogP contribution in [-0.4, -0.2) is 13.2 Å². The average Bonchev–Trinajstić information content (AvgIpc) is 3.16. The van der Waals surface area contributed by atoms with Crippen LogP contribution in [0.1, 0.15) is 43.9 Å². The molecule has 1 aromatic heterocycles. The van der Waals surface area contributed by atoms with Gasteiger partial charge in [-0.2, -0.15) is 0 Å². The first-order valence-corrected chi connectivity index (χ1v) is 7.02. The number of ether oxygens (including phenoxy) is 1. The van der Waals surface area contributed by atoms with E-state index in [0.717, 1.165) is 23.6 Å². The first kappa shape index (κ1) is 12.5. The van der Waals surface area contributed by atoms with Crippen molar-refractivity contribution in [1.82, 2.24) is 5.32 Å². The van der Waals surface area contributed by atoms with Crippen molar-refractivity contribution in [2.45, 2.75) is 45.2 Å². The zero-order valence-electron chi connectivity index (χ0n) is 11.8. The molecule has 1 fully saturated rings. The zero-order valence-corrected chi connectivity index (χ0v) is 11.8. The number of rotatable bonds is 5. The normalized spacial score (nSPS) is 15.4. The molecular weight excluding hydrogens is 238 g/mol. The van der Waals surface area contributed by atoms with E-state index < -0.39 is 0 Å². The summed E-state index contributed by atoms with van der Waals surface area (Å²) >= 11 is 0. The molecule has 1 N–H and O–H groups in total. The zero-order chi connectivity index (χ0) is 13.4. The molecule has 0 amide bonds. The molecule has 102 valence electrons. The Morgan fingerprint density at radius 1 is 1.37 bits per heavy atom. The molecule has 3 nitrogen and oxygen atoms in total. The number of benzene rings is 1. The second-order valence-electron chi connectivity index (χ2n) is 5.59. The highest BCUT2D eigenvalue weighted by molar-refractivity contribution is 5.88. The molecule has 1 saturated carbocycles. The summed E-state index contributed by atoms with van der Waals surface area (Å²) in [6, 6.07) is 6.61. The van der Waals surface area contributed by atoms with E-state index in [4.69, 9.17) is 9.15 Å². The monoisotopic (exact) mass is 259 g/mol. The van der Waals surface area contributed by atoms with Gasteiger partial charge >= 0.3 is 0 Å². The first-order chi connectivity index (χ1) is 9.20. The Balaban J connectivity index is 2.06. The van der Waals surface area contributed by atoms with Crippen molar-refractivity contribution in [3.05, 3.63) is 29.5 Å². The highest BCUT2D eigenvalue weighted by Gasteiger charge is 2.31. The van der Waals surface area contributed by atoms with Crippen LogP contribution in [-0.2, 0) is 6.54 Å². The third-order valence-electron chi connectivity index (χ3n) is 3.67. The van der Waals surface area contributed by atoms with E-state index >= 15 is 0 Å². The molecular formula is C16H21NO2. The van der Waals surface area contributed by atoms with Gasteiger partial charge in [0.25, 0.3) is 0 Å². The molecule has 0 aliphatic heterocycles. The minimum absolute atomic E-state index is 0.460. The topological polar surface area (TPSA) is 34.4 Å². The van der Waals surface area contributed by atoms with Gasteiger partial charge in [0.05, 0.1) is 13.7 Å². The lowest BCUT2D eigenvalue weighted by Gasteiger charge is -2.07. The molecule has 0 unspecified atom stereocenters. The SMILES string of the molecule is COc1cccc2c(C3CC3)c(CNC(C)C)oc12. The molecule has 0 atom stereocenters. The fourth-order valence-corrected chi connectivity index (χ4v) is 2.57. The van der Waals surface area contributed by atoms with Gasteiger partial charge in [0.1, 0.15) is 5.76 Å². The van der Waals surface area contributed by atoms with E-state index in [9.17, 15) is 0 Å². The second kappa shape index (κ2) is 4.89. The van der Waals surface area contributed by atoms with E-state index in [0.29, 0.717) is 12.0 Å². The van der Waals surface area contributed by atoms with Gasteiger partial charge < -0.3 is 14.5 Å². The number of fused-ring (bicyclic) bond motifs is 1. The lowest BCUT2D eigenvalue weighted by molar-refractivity contribution is 0.404. The molecule has 0 saturated heterocycles. The lowest BCUT2D eigenvalue weighted by atomic mass is 10.1. The van der Waals surface area contributed by atoms with Crippen molar-refractivity contribution in [3.8, 4) is 5.75 Å². The molecule has 0 radical (unpaired) electrons. The standard InChI is InChI=1S/C16H21NO2/c1-10(2)17-9-14-15(11-7-8-11)12-5-4-6-13(18-3)16(12)19-14/h4-6,10-11,17H,7-9H2,1-3H3. The highest BCUT2D eigenvalue weighted by Crippen LogP contribution is 2.47. The molecule has 0 spiro atoms. The summed E-state index contributed by atoms with van der Waals surface area (Å²) in [4.78, 5) is 0. The van der Waals surface area contributed by atoms with Gasteiger partial charge in [-0.15, -0.1) is 0 Å². The number of hydrogen-bond donors (Lipinski definition) is 1. The Labute approximate surface area is 113 Å². The van der Waals surface area contributed by atoms with Crippen LogP contribution >= 0.6 is 0 Å². The molecule has 1 heterocycles. The van der Waals surface area contributed by atoms with Gasteiger partial charge in [-0.25, -0.2) is 0 Å². The summed E-state index contributed by atoms with van der Waals surface area (Å²) in [6.45, 7) is 5.10. The third kappa shape index (κ3) is 2.35. The van der Waals surface area contributed by atoms with Crippen LogP contribution in [0.2, 0.25) is 0 Å². The first-order valence-electron chi connectivity index (χ1n) is 7.02. The number of furan rings is 1. The van der Waals surface area contributed by atoms with E-state index in [1.807, 2.05) is 12.1 Å². The van der Waals surface area contributed by atoms with Crippen LogP contribution in [0.15, 0.2) is 22.6 Å². The van der Waals surface area contributed by atoms with Crippen LogP contribution < -0.4 is 10.1 Å². The molecule has 1 aliphatic rings. The Morgan fingerprint density at radius 3 is 2.79 bits per heavy atom. The summed E-state index contributed by atoms with van der Waals surface area (Å²) < 4.78 is 11.5. The Hall–Kier alpha value is -1.48. The summed E-state index contributed by atoms with van der Waals surface area (Å²) in [5.41, 5.74) is 2.29. The van der Waals surface area contributed by atoms with Crippen molar-refractivity contribution in [3.63, 3.8) is 0 Å². The van der Waals surface area contributed by atoms with Gasteiger partial charge in [0.2, 0.25) is 0 Å². The maximum atomic E-state index is 6.09. The number of methoxy groups -OCH3 is 1. The van der Waals surface area contributed by atoms with Crippen molar-refractivity contribution in [1.29, 1.82) is 0 Å². The van der Waals surface area contributed by atoms with Crippen LogP contribution in [0.4, 0.5) is 0 Å². The smallest absolute Gasteiger partial charge is 0.176 e. The molecule has 1 aromatic carbocycles. The van der Waals surface area contributed by atoms with Gasteiger partial charge in [0, 0.05) is 17.0 Å². The van der Waals surface area contributed by atoms with E-state index in [2.05, 4.69) is 25.2 Å². The summed E-state index contributed by atoms with van der Waals surface area (Å²) in [5.74, 6) is 2.59. The van der Waals surface area contributed by atoms with E-state index in [1.54, 1.807) is 7.11 Å². The van der Waals surface area contributed by atoms with Crippen molar-refractivity contribution in [2.24, 2.45) is 0 Å². The van der Waals surface area contributed by atoms with Crippen LogP contribution in [0.25, 0.3) is 11.0 Å². The van der Waals surface area contributed by atoms with Crippen LogP contribution in [0, 0.1) is 0 Å². The molecule has 1 aliphatic carbocycles. The van der Waals surface area contributed by atoms with Gasteiger partial charge in [-0.3, -0.25) is 0 Å². The molecule has 3 heteroatoms. The number of hydrogen-bond acceptors (Lipinski definition) is 3. The lowest BCUT2D eigenvalue weighted by Crippen LogP contribution is -2.22. The van der Waals surface area contributed by atoms with Crippen LogP contribution in [0.3, 0.4) is 0 Å². The Kier molecular flexibility index (Phi) is 3.23. The van der Waals surface area contributed by atoms with Crippen LogP contribution in [0.5, 0.6) is 5.75 Å². The largest absolute Gasteiger partial charge is 0.493 e. The summed E-state index contributed by atoms with van der Waals surface area (Å²) in [7, 11) is 1.69. The summed E-state index contributed by atoms with van der Waals surface area (Å²) in [6.07, 6.45) is 2.56. The highest BCUT2D eigenvalue weighted by atomic mass is 16.5. The molecule has 0 bridgehead atoms. The van der Waals surface area contributed by atoms with Crippen molar-refractivity contribution >= 4 is 11.0 Å². The fraction of sp³-hybridized carbons (Fsp3) is 0.500. The molecule has 19 heavy (non-hydrogen) atoms. The Morgan fingerprint density at radius 2 is 2.16 bits per heavy atom. The van der Waals surface area contributed by atoms with Gasteiger partial charge in [-0.05, 0) is 24.8 Å². The number of para-hydroxylation sites is 1. The second-order valence-corrected chi connectivity index (χ2v) is 5.59. The third-order valence-corrected chi connectivity index (χ3v) is 3.67. The number of nitrogens with one attached hydrogen (secondary N) is 1. The predicted octanol–water partition coefficient (Wildman–Crippen LogP) is 3.82.